The van der Waals surface area contributed by atoms with Crippen molar-refractivity contribution >= 4 is 91.8 Å². The summed E-state index contributed by atoms with van der Waals surface area (Å²) in [5.41, 5.74) is 10.4. The minimum atomic E-state index is -1.19. The number of para-hydroxylation sites is 1. The highest BCUT2D eigenvalue weighted by Gasteiger charge is 2.56. The highest BCUT2D eigenvalue weighted by Crippen LogP contribution is 2.60. The maximum absolute atomic E-state index is 14.0. The molecule has 2 fully saturated rings. The zero-order chi connectivity index (χ0) is 73.0. The van der Waals surface area contributed by atoms with Gasteiger partial charge in [-0.2, -0.15) is 5.10 Å². The van der Waals surface area contributed by atoms with Gasteiger partial charge in [0.15, 0.2) is 16.6 Å². The number of hydrogen-bond donors (Lipinski definition) is 6. The van der Waals surface area contributed by atoms with Crippen LogP contribution in [0, 0.1) is 35.5 Å². The number of amides is 7. The molecule has 7 N–H and O–H groups in total. The Balaban J connectivity index is 0.738. The lowest BCUT2D eigenvalue weighted by Gasteiger charge is -2.58. The number of aromatic nitrogens is 4. The Morgan fingerprint density at radius 3 is 2.31 bits per heavy atom. The molecule has 3 aromatic heterocycles. The normalized spacial score (nSPS) is 19.9. The number of hydrogen-bond acceptors (Lipinski definition) is 17. The Morgan fingerprint density at radius 1 is 0.833 bits per heavy atom. The number of ketones is 2. The van der Waals surface area contributed by atoms with Crippen LogP contribution in [0.5, 0.6) is 0 Å². The number of urea groups is 1. The molecule has 26 heteroatoms. The van der Waals surface area contributed by atoms with Crippen molar-refractivity contribution in [2.45, 2.75) is 169 Å². The second-order valence-electron chi connectivity index (χ2n) is 29.1. The van der Waals surface area contributed by atoms with Gasteiger partial charge in [-0.05, 0) is 146 Å². The van der Waals surface area contributed by atoms with Crippen molar-refractivity contribution in [3.8, 4) is 11.1 Å². The van der Waals surface area contributed by atoms with Gasteiger partial charge in [-0.3, -0.25) is 48.5 Å². The number of carboxylic acids is 2. The van der Waals surface area contributed by atoms with Gasteiger partial charge in [-0.1, -0.05) is 101 Å². The van der Waals surface area contributed by atoms with E-state index in [0.29, 0.717) is 103 Å². The Morgan fingerprint density at radius 2 is 1.59 bits per heavy atom. The van der Waals surface area contributed by atoms with Gasteiger partial charge in [0.25, 0.3) is 17.7 Å². The number of thiazole rings is 1. The summed E-state index contributed by atoms with van der Waals surface area (Å²) in [6.45, 7) is 14.1. The van der Waals surface area contributed by atoms with Gasteiger partial charge in [0.1, 0.15) is 18.2 Å². The third-order valence-electron chi connectivity index (χ3n) is 20.2. The number of nitrogens with one attached hydrogen (secondary N) is 3. The maximum Gasteiger partial charge on any atom is 0.410 e. The van der Waals surface area contributed by atoms with Crippen molar-refractivity contribution in [2.24, 2.45) is 34.3 Å². The summed E-state index contributed by atoms with van der Waals surface area (Å²) in [5.74, 6) is -4.29. The minimum absolute atomic E-state index is 0.0355. The number of nitrogens with zero attached hydrogens (tertiary/aromatic N) is 7. The molecule has 2 aliphatic carbocycles. The third kappa shape index (κ3) is 19.1. The van der Waals surface area contributed by atoms with Crippen LogP contribution in [0.2, 0.25) is 0 Å². The van der Waals surface area contributed by atoms with Crippen LogP contribution < -0.4 is 26.6 Å². The first-order valence-electron chi connectivity index (χ1n) is 35.2. The summed E-state index contributed by atoms with van der Waals surface area (Å²) >= 11 is 1.40. The number of unbranched alkanes of at least 4 members (excludes halogenated alkanes) is 2. The number of fused-ring (bicyclic) bond motifs is 4. The minimum Gasteiger partial charge on any atom is -0.481 e. The van der Waals surface area contributed by atoms with Gasteiger partial charge in [-0.15, -0.1) is 0 Å². The molecule has 0 radical (unpaired) electrons. The average molecular weight is 1420 g/mol. The standard InChI is InChI=1S/C76H93N11O14S/c1-47(2)56(37-53(88)15-8-7-11-31-86-64(90)26-27-65(86)91)69(95)80-59(18-13-30-78-71(77)98)61(89)36-50-20-22-51(23-21-50)42-100-73(99)84(33-29-66(92)93)34-35-101-76-39-48(3)38-74(5,44-76)43-75(6,45-76)46-87-49(4)57(40-79-87)54-24-25-63(82-67(54)70(96)97)85-32-28-52-14-12-16-55(58(52)41-85)68(94)83-72-81-60-17-9-10-19-62(60)102-72/h9-10,12,14,16-17,19-27,40,47-48,56,59H,7-8,11,13,15,18,28-39,41-46H2,1-6H3,(H,80,95)(H,92,93)(H,96,97)(H3,77,78,98)(H,81,83,94)/t48?,56-,59-,74?,75?,76?/m0/s1. The van der Waals surface area contributed by atoms with E-state index in [2.05, 4.69) is 41.7 Å². The fraction of sp³-hybridized carbons (Fsp3) is 0.487. The molecule has 10 rings (SSSR count). The third-order valence-corrected chi connectivity index (χ3v) is 21.1. The summed E-state index contributed by atoms with van der Waals surface area (Å²) in [6, 6.07) is 22.2. The zero-order valence-electron chi connectivity index (χ0n) is 58.9. The van der Waals surface area contributed by atoms with Gasteiger partial charge in [0.05, 0.1) is 41.1 Å². The Kier molecular flexibility index (Phi) is 24.2. The van der Waals surface area contributed by atoms with Crippen LogP contribution in [-0.2, 0) is 70.8 Å². The largest absolute Gasteiger partial charge is 0.481 e. The van der Waals surface area contributed by atoms with E-state index in [1.54, 1.807) is 42.6 Å². The van der Waals surface area contributed by atoms with Gasteiger partial charge in [-0.25, -0.2) is 24.4 Å². The second-order valence-corrected chi connectivity index (χ2v) is 30.2. The molecular formula is C76H93N11O14S. The first kappa shape index (κ1) is 75.0. The number of aliphatic carboxylic acids is 1. The molecule has 2 aliphatic heterocycles. The molecule has 3 aromatic carbocycles. The Bertz CT molecular complexity index is 4120. The molecular weight excluding hydrogens is 1320 g/mol. The van der Waals surface area contributed by atoms with E-state index in [4.69, 9.17) is 25.3 Å². The first-order valence-corrected chi connectivity index (χ1v) is 36.0. The number of ether oxygens (including phenoxy) is 2. The summed E-state index contributed by atoms with van der Waals surface area (Å²) < 4.78 is 15.7. The summed E-state index contributed by atoms with van der Waals surface area (Å²) in [4.78, 5) is 143. The van der Waals surface area contributed by atoms with Gasteiger partial charge in [0, 0.05) is 106 Å². The molecule has 25 nitrogen and oxygen atoms in total. The number of rotatable bonds is 34. The number of primary amides is 1. The van der Waals surface area contributed by atoms with E-state index in [-0.39, 0.29) is 123 Å². The number of carbonyl (C=O) groups excluding carboxylic acids is 8. The number of pyridine rings is 1. The summed E-state index contributed by atoms with van der Waals surface area (Å²) in [6.07, 6.45) is 10.1. The van der Waals surface area contributed by atoms with Crippen LogP contribution in [0.15, 0.2) is 97.2 Å². The van der Waals surface area contributed by atoms with E-state index in [0.717, 1.165) is 57.6 Å². The number of carboxylic acid groups (broad SMARTS) is 2. The van der Waals surface area contributed by atoms with Gasteiger partial charge >= 0.3 is 24.1 Å². The number of benzene rings is 3. The summed E-state index contributed by atoms with van der Waals surface area (Å²) in [7, 11) is 0. The van der Waals surface area contributed by atoms with Gasteiger partial charge < -0.3 is 45.9 Å². The number of carbonyl (C=O) groups is 10. The lowest BCUT2D eigenvalue weighted by molar-refractivity contribution is -0.179. The monoisotopic (exact) mass is 1420 g/mol. The molecule has 2 bridgehead atoms. The second kappa shape index (κ2) is 33.0. The Hall–Kier alpha value is -9.69. The first-order chi connectivity index (χ1) is 48.6. The zero-order valence-corrected chi connectivity index (χ0v) is 59.7. The van der Waals surface area contributed by atoms with Gasteiger partial charge in [0.2, 0.25) is 5.91 Å². The van der Waals surface area contributed by atoms with Crippen LogP contribution in [0.1, 0.15) is 167 Å². The Labute approximate surface area is 597 Å². The van der Waals surface area contributed by atoms with Crippen LogP contribution in [0.4, 0.5) is 20.5 Å². The number of nitrogens with two attached hydrogens (primary N) is 1. The predicted molar refractivity (Wildman–Crippen MR) is 383 cm³/mol. The SMILES string of the molecule is Cc1c(-c2ccc(N3CCc4cccc(C(=O)Nc5nc6ccccc6s5)c4C3)nc2C(=O)O)cnn1CC1(C)CC2(C)CC(C)CC(OCCN(CCC(=O)O)C(=O)OCc3ccc(CC(=O)[C@H](CCCNC(N)=O)NC(=O)[C@@H](CC(=O)CCCCCN4C(=O)C=CC4=O)C(C)C)cc3)(C2)C1. The number of aromatic carboxylic acids is 1. The lowest BCUT2D eigenvalue weighted by atomic mass is 9.51. The quantitative estimate of drug-likeness (QED) is 0.0161. The number of Topliss-reactive ketones (excluding diaryl/α,β-unsaturated/α-hetero) is 2. The lowest BCUT2D eigenvalue weighted by Crippen LogP contribution is -2.55. The van der Waals surface area contributed by atoms with Crippen molar-refractivity contribution in [3.05, 3.63) is 136 Å². The van der Waals surface area contributed by atoms with Crippen molar-refractivity contribution < 1.29 is 67.6 Å². The van der Waals surface area contributed by atoms with Crippen molar-refractivity contribution in [3.63, 3.8) is 0 Å². The van der Waals surface area contributed by atoms with E-state index in [1.807, 2.05) is 72.8 Å². The molecule has 102 heavy (non-hydrogen) atoms. The molecule has 6 aromatic rings. The molecule has 0 saturated heterocycles. The average Bonchev–Trinajstić information content (AvgIpc) is 0.751. The molecule has 5 heterocycles. The maximum atomic E-state index is 14.0. The molecule has 7 amide bonds. The fourth-order valence-corrected chi connectivity index (χ4v) is 16.8. The van der Waals surface area contributed by atoms with E-state index in [1.165, 1.54) is 28.4 Å². The highest BCUT2D eigenvalue weighted by atomic mass is 32.1. The molecule has 4 unspecified atom stereocenters. The van der Waals surface area contributed by atoms with Crippen LogP contribution in [0.3, 0.4) is 0 Å². The van der Waals surface area contributed by atoms with E-state index in [9.17, 15) is 58.2 Å². The van der Waals surface area contributed by atoms with Crippen LogP contribution >= 0.6 is 11.3 Å². The van der Waals surface area contributed by atoms with Crippen molar-refractivity contribution in [2.75, 3.05) is 49.5 Å². The topological polar surface area (TPSA) is 345 Å². The predicted octanol–water partition coefficient (Wildman–Crippen LogP) is 10.6. The van der Waals surface area contributed by atoms with E-state index < -0.39 is 47.5 Å². The fourth-order valence-electron chi connectivity index (χ4n) is 15.9. The smallest absolute Gasteiger partial charge is 0.410 e. The van der Waals surface area contributed by atoms with Crippen molar-refractivity contribution in [1.29, 1.82) is 0 Å². The van der Waals surface area contributed by atoms with Crippen molar-refractivity contribution in [1.82, 2.24) is 40.2 Å². The van der Waals surface area contributed by atoms with Crippen LogP contribution in [0.25, 0.3) is 21.3 Å². The summed E-state index contributed by atoms with van der Waals surface area (Å²) in [5, 5.41) is 34.3. The number of imide groups is 1. The highest BCUT2D eigenvalue weighted by molar-refractivity contribution is 7.22. The molecule has 6 atom stereocenters. The molecule has 4 aliphatic rings. The van der Waals surface area contributed by atoms with E-state index >= 15 is 0 Å². The molecule has 542 valence electrons. The number of anilines is 2. The molecule has 2 saturated carbocycles. The van der Waals surface area contributed by atoms with Crippen LogP contribution in [-0.4, -0.2) is 150 Å². The molecule has 0 spiro atoms.